The lowest BCUT2D eigenvalue weighted by molar-refractivity contribution is 0.304. The first-order chi connectivity index (χ1) is 13.9. The van der Waals surface area contributed by atoms with Crippen LogP contribution in [0, 0.1) is 13.8 Å². The summed E-state index contributed by atoms with van der Waals surface area (Å²) >= 11 is 1.50. The van der Waals surface area contributed by atoms with Crippen LogP contribution in [0.25, 0.3) is 0 Å². The highest BCUT2D eigenvalue weighted by Crippen LogP contribution is 2.33. The molecule has 1 fully saturated rings. The van der Waals surface area contributed by atoms with E-state index in [2.05, 4.69) is 4.98 Å². The molecule has 1 aliphatic rings. The van der Waals surface area contributed by atoms with Gasteiger partial charge < -0.3 is 4.74 Å². The van der Waals surface area contributed by atoms with Gasteiger partial charge in [0.2, 0.25) is 10.0 Å². The Balaban J connectivity index is 1.46. The molecule has 1 saturated carbocycles. The third-order valence-electron chi connectivity index (χ3n) is 4.85. The molecule has 0 saturated heterocycles. The number of hydrogen-bond acceptors (Lipinski definition) is 5. The summed E-state index contributed by atoms with van der Waals surface area (Å²) in [6.45, 7) is 4.64. The van der Waals surface area contributed by atoms with Gasteiger partial charge in [0.25, 0.3) is 0 Å². The van der Waals surface area contributed by atoms with Crippen molar-refractivity contribution in [2.75, 3.05) is 0 Å². The van der Waals surface area contributed by atoms with Gasteiger partial charge in [0.1, 0.15) is 17.4 Å². The summed E-state index contributed by atoms with van der Waals surface area (Å²) in [4.78, 5) is 4.95. The third-order valence-corrected chi connectivity index (χ3v) is 7.63. The Hall–Kier alpha value is -2.22. The highest BCUT2D eigenvalue weighted by molar-refractivity contribution is 7.89. The standard InChI is InChI=1S/C22H24N2O3S2/c1-16-6-10-21(11-7-16)29(25,26)24(19-8-9-19)13-18-15-28-22(23-18)14-27-20-5-3-4-17(2)12-20/h3-7,10-12,15,19H,8-9,13-14H2,1-2H3. The van der Waals surface area contributed by atoms with E-state index in [9.17, 15) is 8.42 Å². The Kier molecular flexibility index (Phi) is 5.72. The fourth-order valence-corrected chi connectivity index (χ4v) is 5.47. The first-order valence-corrected chi connectivity index (χ1v) is 11.9. The molecule has 4 rings (SSSR count). The second-order valence-electron chi connectivity index (χ2n) is 7.43. The first-order valence-electron chi connectivity index (χ1n) is 9.63. The summed E-state index contributed by atoms with van der Waals surface area (Å²) in [6.07, 6.45) is 1.80. The van der Waals surface area contributed by atoms with Gasteiger partial charge >= 0.3 is 0 Å². The SMILES string of the molecule is Cc1ccc(S(=O)(=O)N(Cc2csc(COc3cccc(C)c3)n2)C2CC2)cc1. The molecule has 1 aliphatic carbocycles. The summed E-state index contributed by atoms with van der Waals surface area (Å²) in [6, 6.07) is 15.0. The van der Waals surface area contributed by atoms with Crippen molar-refractivity contribution < 1.29 is 13.2 Å². The molecule has 2 aromatic carbocycles. The molecule has 0 radical (unpaired) electrons. The smallest absolute Gasteiger partial charge is 0.243 e. The molecule has 1 heterocycles. The number of nitrogens with zero attached hydrogens (tertiary/aromatic N) is 2. The summed E-state index contributed by atoms with van der Waals surface area (Å²) in [5.74, 6) is 0.809. The van der Waals surface area contributed by atoms with Crippen LogP contribution in [0.1, 0.15) is 34.7 Å². The summed E-state index contributed by atoms with van der Waals surface area (Å²) < 4.78 is 33.7. The van der Waals surface area contributed by atoms with Crippen molar-refractivity contribution >= 4 is 21.4 Å². The number of rotatable bonds is 8. The van der Waals surface area contributed by atoms with Crippen LogP contribution in [0.5, 0.6) is 5.75 Å². The van der Waals surface area contributed by atoms with Crippen LogP contribution in [0.4, 0.5) is 0 Å². The van der Waals surface area contributed by atoms with Gasteiger partial charge in [0.05, 0.1) is 17.1 Å². The van der Waals surface area contributed by atoms with Crippen LogP contribution in [-0.4, -0.2) is 23.7 Å². The maximum absolute atomic E-state index is 13.2. The highest BCUT2D eigenvalue weighted by Gasteiger charge is 2.38. The topological polar surface area (TPSA) is 59.5 Å². The zero-order valence-corrected chi connectivity index (χ0v) is 18.2. The second-order valence-corrected chi connectivity index (χ2v) is 10.3. The molecule has 7 heteroatoms. The molecule has 0 aliphatic heterocycles. The number of hydrogen-bond donors (Lipinski definition) is 0. The number of sulfonamides is 1. The Bertz CT molecular complexity index is 1090. The lowest BCUT2D eigenvalue weighted by Gasteiger charge is -2.21. The van der Waals surface area contributed by atoms with E-state index in [4.69, 9.17) is 4.74 Å². The molecule has 0 atom stereocenters. The predicted octanol–water partition coefficient (Wildman–Crippen LogP) is 4.69. The van der Waals surface area contributed by atoms with Gasteiger partial charge in [-0.05, 0) is 56.5 Å². The van der Waals surface area contributed by atoms with Crippen molar-refractivity contribution in [1.82, 2.24) is 9.29 Å². The van der Waals surface area contributed by atoms with E-state index >= 15 is 0 Å². The normalized spacial score (nSPS) is 14.3. The largest absolute Gasteiger partial charge is 0.486 e. The zero-order chi connectivity index (χ0) is 20.4. The van der Waals surface area contributed by atoms with Crippen molar-refractivity contribution in [3.8, 4) is 5.75 Å². The molecule has 1 aromatic heterocycles. The summed E-state index contributed by atoms with van der Waals surface area (Å²) in [5, 5.41) is 2.76. The van der Waals surface area contributed by atoms with Crippen LogP contribution in [0.2, 0.25) is 0 Å². The number of benzene rings is 2. The van der Waals surface area contributed by atoms with Crippen molar-refractivity contribution in [2.45, 2.75) is 50.8 Å². The van der Waals surface area contributed by atoms with Gasteiger partial charge in [-0.1, -0.05) is 29.8 Å². The molecule has 0 N–H and O–H groups in total. The molecule has 0 unspecified atom stereocenters. The van der Waals surface area contributed by atoms with Crippen LogP contribution in [0.3, 0.4) is 0 Å². The van der Waals surface area contributed by atoms with E-state index in [0.29, 0.717) is 18.0 Å². The third kappa shape index (κ3) is 4.86. The Labute approximate surface area is 176 Å². The van der Waals surface area contributed by atoms with Gasteiger partial charge in [-0.2, -0.15) is 4.31 Å². The molecule has 0 amide bonds. The second kappa shape index (κ2) is 8.26. The molecule has 5 nitrogen and oxygen atoms in total. The van der Waals surface area contributed by atoms with Gasteiger partial charge in [-0.25, -0.2) is 13.4 Å². The molecule has 152 valence electrons. The summed E-state index contributed by atoms with van der Waals surface area (Å²) in [7, 11) is -3.54. The van der Waals surface area contributed by atoms with E-state index in [1.165, 1.54) is 11.3 Å². The molecule has 0 bridgehead atoms. The molecular weight excluding hydrogens is 404 g/mol. The van der Waals surface area contributed by atoms with Gasteiger partial charge in [0.15, 0.2) is 0 Å². The fourth-order valence-electron chi connectivity index (χ4n) is 3.12. The Morgan fingerprint density at radius 1 is 1.10 bits per heavy atom. The summed E-state index contributed by atoms with van der Waals surface area (Å²) in [5.41, 5.74) is 2.95. The van der Waals surface area contributed by atoms with Gasteiger partial charge in [0, 0.05) is 11.4 Å². The van der Waals surface area contributed by atoms with E-state index < -0.39 is 10.0 Å². The predicted molar refractivity (Wildman–Crippen MR) is 115 cm³/mol. The fraction of sp³-hybridized carbons (Fsp3) is 0.318. The van der Waals surface area contributed by atoms with Crippen molar-refractivity contribution in [3.05, 3.63) is 75.7 Å². The van der Waals surface area contributed by atoms with Gasteiger partial charge in [-0.3, -0.25) is 0 Å². The number of thiazole rings is 1. The number of ether oxygens (including phenoxy) is 1. The van der Waals surface area contributed by atoms with Crippen LogP contribution >= 0.6 is 11.3 Å². The maximum atomic E-state index is 13.2. The first kappa shape index (κ1) is 20.1. The van der Waals surface area contributed by atoms with E-state index in [0.717, 1.165) is 40.4 Å². The molecule has 29 heavy (non-hydrogen) atoms. The minimum absolute atomic E-state index is 0.0648. The van der Waals surface area contributed by atoms with E-state index in [-0.39, 0.29) is 6.04 Å². The highest BCUT2D eigenvalue weighted by atomic mass is 32.2. The zero-order valence-electron chi connectivity index (χ0n) is 16.5. The molecule has 3 aromatic rings. The van der Waals surface area contributed by atoms with E-state index in [1.807, 2.05) is 55.6 Å². The van der Waals surface area contributed by atoms with Crippen molar-refractivity contribution in [1.29, 1.82) is 0 Å². The minimum atomic E-state index is -3.54. The number of aryl methyl sites for hydroxylation is 2. The van der Waals surface area contributed by atoms with Crippen LogP contribution in [0.15, 0.2) is 58.8 Å². The average molecular weight is 429 g/mol. The average Bonchev–Trinajstić information content (AvgIpc) is 3.43. The number of aromatic nitrogens is 1. The molecular formula is C22H24N2O3S2. The Morgan fingerprint density at radius 2 is 1.86 bits per heavy atom. The lowest BCUT2D eigenvalue weighted by atomic mass is 10.2. The quantitative estimate of drug-likeness (QED) is 0.522. The van der Waals surface area contributed by atoms with E-state index in [1.54, 1.807) is 16.4 Å². The van der Waals surface area contributed by atoms with Gasteiger partial charge in [-0.15, -0.1) is 11.3 Å². The van der Waals surface area contributed by atoms with Crippen LogP contribution in [-0.2, 0) is 23.2 Å². The molecule has 0 spiro atoms. The minimum Gasteiger partial charge on any atom is -0.486 e. The maximum Gasteiger partial charge on any atom is 0.243 e. The monoisotopic (exact) mass is 428 g/mol. The Morgan fingerprint density at radius 3 is 2.55 bits per heavy atom. The van der Waals surface area contributed by atoms with Crippen LogP contribution < -0.4 is 4.74 Å². The van der Waals surface area contributed by atoms with Crippen molar-refractivity contribution in [2.24, 2.45) is 0 Å². The van der Waals surface area contributed by atoms with Crippen molar-refractivity contribution in [3.63, 3.8) is 0 Å². The lowest BCUT2D eigenvalue weighted by Crippen LogP contribution is -2.32.